The van der Waals surface area contributed by atoms with Gasteiger partial charge in [-0.05, 0) is 19.1 Å². The van der Waals surface area contributed by atoms with Crippen molar-refractivity contribution in [2.75, 3.05) is 17.6 Å². The van der Waals surface area contributed by atoms with E-state index in [1.165, 1.54) is 0 Å². The number of nitrogens with zero attached hydrogens (tertiary/aromatic N) is 1. The molecule has 6 heteroatoms. The average molecular weight is 290 g/mol. The third-order valence-electron chi connectivity index (χ3n) is 2.74. The molecule has 2 rings (SSSR count). The Morgan fingerprint density at radius 1 is 1.35 bits per heavy atom. The van der Waals surface area contributed by atoms with Gasteiger partial charge in [0.2, 0.25) is 0 Å². The molecule has 0 bridgehead atoms. The fraction of sp³-hybridized carbons (Fsp3) is 0.286. The number of hydrogen-bond donors (Lipinski definition) is 3. The quantitative estimate of drug-likeness (QED) is 0.716. The van der Waals surface area contributed by atoms with Gasteiger partial charge in [0.25, 0.3) is 0 Å². The first-order valence-electron chi connectivity index (χ1n) is 6.42. The molecule has 0 radical (unpaired) electrons. The Balaban J connectivity index is 1.59. The Morgan fingerprint density at radius 3 is 2.85 bits per heavy atom. The van der Waals surface area contributed by atoms with Gasteiger partial charge in [0.15, 0.2) is 0 Å². The summed E-state index contributed by atoms with van der Waals surface area (Å²) in [5, 5.41) is 5.61. The number of imidazole rings is 1. The number of aromatic nitrogens is 2. The molecule has 1 heterocycles. The van der Waals surface area contributed by atoms with Crippen LogP contribution in [0.3, 0.4) is 0 Å². The maximum atomic E-state index is 11.6. The van der Waals surface area contributed by atoms with E-state index in [9.17, 15) is 4.79 Å². The molecule has 1 aromatic carbocycles. The van der Waals surface area contributed by atoms with Crippen LogP contribution in [0.4, 0.5) is 10.5 Å². The molecule has 0 aliphatic heterocycles. The number of para-hydroxylation sites is 1. The highest BCUT2D eigenvalue weighted by molar-refractivity contribution is 7.98. The van der Waals surface area contributed by atoms with E-state index in [4.69, 9.17) is 0 Å². The minimum Gasteiger partial charge on any atom is -0.348 e. The topological polar surface area (TPSA) is 69.8 Å². The molecule has 0 atom stereocenters. The van der Waals surface area contributed by atoms with Crippen LogP contribution in [0.15, 0.2) is 36.7 Å². The fourth-order valence-electron chi connectivity index (χ4n) is 1.64. The van der Waals surface area contributed by atoms with Crippen LogP contribution < -0.4 is 10.6 Å². The molecule has 0 aliphatic rings. The summed E-state index contributed by atoms with van der Waals surface area (Å²) >= 11 is 1.75. The van der Waals surface area contributed by atoms with Gasteiger partial charge in [-0.2, -0.15) is 11.8 Å². The van der Waals surface area contributed by atoms with E-state index in [0.717, 1.165) is 28.6 Å². The second kappa shape index (κ2) is 7.59. The number of carbonyl (C=O) groups excluding carboxylic acids is 1. The number of nitrogens with one attached hydrogen (secondary N) is 3. The van der Waals surface area contributed by atoms with Gasteiger partial charge in [0.1, 0.15) is 0 Å². The predicted octanol–water partition coefficient (Wildman–Crippen LogP) is 2.77. The normalized spacial score (nSPS) is 10.2. The van der Waals surface area contributed by atoms with Gasteiger partial charge in [-0.15, -0.1) is 0 Å². The van der Waals surface area contributed by atoms with E-state index >= 15 is 0 Å². The number of carbonyl (C=O) groups is 1. The largest absolute Gasteiger partial charge is 0.348 e. The van der Waals surface area contributed by atoms with Crippen molar-refractivity contribution < 1.29 is 4.79 Å². The second-order valence-electron chi connectivity index (χ2n) is 4.27. The van der Waals surface area contributed by atoms with E-state index < -0.39 is 0 Å². The third-order valence-corrected chi connectivity index (χ3v) is 3.71. The lowest BCUT2D eigenvalue weighted by molar-refractivity contribution is 0.252. The molecule has 0 unspecified atom stereocenters. The molecule has 0 fully saturated rings. The lowest BCUT2D eigenvalue weighted by Crippen LogP contribution is -2.30. The lowest BCUT2D eigenvalue weighted by Gasteiger charge is -2.07. The monoisotopic (exact) mass is 290 g/mol. The van der Waals surface area contributed by atoms with Crippen LogP contribution in [-0.2, 0) is 5.75 Å². The van der Waals surface area contributed by atoms with Crippen molar-refractivity contribution in [3.05, 3.63) is 48.0 Å². The Labute approximate surface area is 122 Å². The summed E-state index contributed by atoms with van der Waals surface area (Å²) in [5.41, 5.74) is 2.97. The zero-order chi connectivity index (χ0) is 14.2. The van der Waals surface area contributed by atoms with Crippen molar-refractivity contribution in [1.82, 2.24) is 15.3 Å². The molecule has 0 spiro atoms. The highest BCUT2D eigenvalue weighted by Crippen LogP contribution is 2.11. The first-order chi connectivity index (χ1) is 9.75. The van der Waals surface area contributed by atoms with Crippen molar-refractivity contribution in [2.24, 2.45) is 0 Å². The van der Waals surface area contributed by atoms with E-state index in [-0.39, 0.29) is 6.03 Å². The maximum Gasteiger partial charge on any atom is 0.319 e. The van der Waals surface area contributed by atoms with Crippen LogP contribution >= 0.6 is 11.8 Å². The lowest BCUT2D eigenvalue weighted by atomic mass is 10.3. The summed E-state index contributed by atoms with van der Waals surface area (Å²) in [7, 11) is 0. The molecule has 3 N–H and O–H groups in total. The molecule has 2 aromatic rings. The molecule has 0 saturated heterocycles. The molecule has 106 valence electrons. The average Bonchev–Trinajstić information content (AvgIpc) is 2.85. The highest BCUT2D eigenvalue weighted by Gasteiger charge is 2.02. The van der Waals surface area contributed by atoms with Crippen LogP contribution in [0.5, 0.6) is 0 Å². The Morgan fingerprint density at radius 2 is 2.15 bits per heavy atom. The summed E-state index contributed by atoms with van der Waals surface area (Å²) in [6.07, 6.45) is 1.71. The summed E-state index contributed by atoms with van der Waals surface area (Å²) in [6, 6.07) is 9.22. The van der Waals surface area contributed by atoms with Crippen molar-refractivity contribution in [1.29, 1.82) is 0 Å². The molecular formula is C14H18N4OS. The third kappa shape index (κ3) is 4.62. The van der Waals surface area contributed by atoms with E-state index in [2.05, 4.69) is 20.6 Å². The number of urea groups is 1. The van der Waals surface area contributed by atoms with E-state index in [1.807, 2.05) is 37.3 Å². The number of H-pyrrole nitrogens is 1. The van der Waals surface area contributed by atoms with Gasteiger partial charge in [0.05, 0.1) is 12.0 Å². The summed E-state index contributed by atoms with van der Waals surface area (Å²) in [4.78, 5) is 18.9. The molecule has 20 heavy (non-hydrogen) atoms. The molecule has 5 nitrogen and oxygen atoms in total. The van der Waals surface area contributed by atoms with Crippen LogP contribution in [0.2, 0.25) is 0 Å². The summed E-state index contributed by atoms with van der Waals surface area (Å²) in [5.74, 6) is 1.71. The van der Waals surface area contributed by atoms with E-state index in [1.54, 1.807) is 18.1 Å². The number of benzene rings is 1. The standard InChI is InChI=1S/C14H18N4OS/c1-11-13(17-10-16-11)9-20-8-7-15-14(19)18-12-5-3-2-4-6-12/h2-6,10H,7-9H2,1H3,(H,16,17)(H2,15,18,19). The van der Waals surface area contributed by atoms with Gasteiger partial charge < -0.3 is 15.6 Å². The first kappa shape index (κ1) is 14.5. The number of aromatic amines is 1. The van der Waals surface area contributed by atoms with Gasteiger partial charge in [-0.3, -0.25) is 0 Å². The van der Waals surface area contributed by atoms with Crippen molar-refractivity contribution in [3.63, 3.8) is 0 Å². The van der Waals surface area contributed by atoms with Crippen LogP contribution in [0.1, 0.15) is 11.4 Å². The molecular weight excluding hydrogens is 272 g/mol. The summed E-state index contributed by atoms with van der Waals surface area (Å²) in [6.45, 7) is 2.64. The highest BCUT2D eigenvalue weighted by atomic mass is 32.2. The first-order valence-corrected chi connectivity index (χ1v) is 7.57. The summed E-state index contributed by atoms with van der Waals surface area (Å²) < 4.78 is 0. The van der Waals surface area contributed by atoms with Gasteiger partial charge in [-0.1, -0.05) is 18.2 Å². The Hall–Kier alpha value is -1.95. The number of thioether (sulfide) groups is 1. The number of rotatable bonds is 6. The number of anilines is 1. The number of hydrogen-bond acceptors (Lipinski definition) is 3. The maximum absolute atomic E-state index is 11.6. The number of aryl methyl sites for hydroxylation is 1. The van der Waals surface area contributed by atoms with Gasteiger partial charge in [-0.25, -0.2) is 9.78 Å². The SMILES string of the molecule is Cc1[nH]cnc1CSCCNC(=O)Nc1ccccc1. The predicted molar refractivity (Wildman–Crippen MR) is 83.0 cm³/mol. The van der Waals surface area contributed by atoms with Crippen LogP contribution in [0.25, 0.3) is 0 Å². The minimum atomic E-state index is -0.173. The van der Waals surface area contributed by atoms with Crippen molar-refractivity contribution >= 4 is 23.5 Å². The number of amides is 2. The Kier molecular flexibility index (Phi) is 5.49. The fourth-order valence-corrected chi connectivity index (χ4v) is 2.51. The smallest absolute Gasteiger partial charge is 0.319 e. The van der Waals surface area contributed by atoms with Crippen molar-refractivity contribution in [3.8, 4) is 0 Å². The zero-order valence-corrected chi connectivity index (χ0v) is 12.2. The van der Waals surface area contributed by atoms with Crippen LogP contribution in [-0.4, -0.2) is 28.3 Å². The molecule has 2 amide bonds. The second-order valence-corrected chi connectivity index (χ2v) is 5.38. The zero-order valence-electron chi connectivity index (χ0n) is 11.3. The Bertz CT molecular complexity index is 541. The van der Waals surface area contributed by atoms with Gasteiger partial charge >= 0.3 is 6.03 Å². The molecule has 0 saturated carbocycles. The van der Waals surface area contributed by atoms with Gasteiger partial charge in [0, 0.05) is 29.4 Å². The van der Waals surface area contributed by atoms with Crippen molar-refractivity contribution in [2.45, 2.75) is 12.7 Å². The molecule has 0 aliphatic carbocycles. The molecule has 1 aromatic heterocycles. The van der Waals surface area contributed by atoms with E-state index in [0.29, 0.717) is 6.54 Å². The van der Waals surface area contributed by atoms with Crippen LogP contribution in [0, 0.1) is 6.92 Å². The minimum absolute atomic E-state index is 0.173.